The first-order chi connectivity index (χ1) is 6.83. The van der Waals surface area contributed by atoms with Crippen LogP contribution in [0.2, 0.25) is 0 Å². The molecule has 1 aromatic carbocycles. The largest absolute Gasteiger partial charge is 0.288 e. The highest BCUT2D eigenvalue weighted by atomic mass is 14.7. The fraction of sp³-hybridized carbons (Fsp3) is 0.0833. The van der Waals surface area contributed by atoms with Crippen molar-refractivity contribution in [2.45, 2.75) is 6.54 Å². The highest BCUT2D eigenvalue weighted by Gasteiger charge is 1.87. The van der Waals surface area contributed by atoms with E-state index in [-0.39, 0.29) is 0 Å². The Morgan fingerprint density at radius 2 is 1.93 bits per heavy atom. The standard InChI is InChI=1S/C12H12BN/c1-2-3-4-9-14-10-11-5-7-12(13)8-6-11/h2-9H,1,10H2/b4-3-,14-9?. The van der Waals surface area contributed by atoms with Crippen LogP contribution in [-0.4, -0.2) is 14.1 Å². The molecule has 0 bridgehead atoms. The molecule has 0 heterocycles. The lowest BCUT2D eigenvalue weighted by atomic mass is 9.95. The van der Waals surface area contributed by atoms with Gasteiger partial charge in [-0.25, -0.2) is 0 Å². The molecule has 0 atom stereocenters. The molecule has 0 amide bonds. The van der Waals surface area contributed by atoms with Crippen LogP contribution in [0.4, 0.5) is 0 Å². The van der Waals surface area contributed by atoms with E-state index in [2.05, 4.69) is 11.6 Å². The first-order valence-corrected chi connectivity index (χ1v) is 4.45. The zero-order valence-electron chi connectivity index (χ0n) is 8.06. The van der Waals surface area contributed by atoms with Gasteiger partial charge in [-0.05, 0) is 11.6 Å². The monoisotopic (exact) mass is 181 g/mol. The summed E-state index contributed by atoms with van der Waals surface area (Å²) < 4.78 is 0. The molecule has 2 radical (unpaired) electrons. The Hall–Kier alpha value is -1.57. The Morgan fingerprint density at radius 3 is 2.57 bits per heavy atom. The van der Waals surface area contributed by atoms with Crippen LogP contribution < -0.4 is 5.46 Å². The molecule has 0 unspecified atom stereocenters. The molecular weight excluding hydrogens is 169 g/mol. The molecule has 0 aliphatic heterocycles. The average Bonchev–Trinajstić information content (AvgIpc) is 2.21. The Balaban J connectivity index is 2.45. The third kappa shape index (κ3) is 3.90. The maximum absolute atomic E-state index is 5.56. The molecule has 1 aromatic rings. The Kier molecular flexibility index (Phi) is 4.49. The van der Waals surface area contributed by atoms with Crippen molar-refractivity contribution in [2.24, 2.45) is 4.99 Å². The van der Waals surface area contributed by atoms with Gasteiger partial charge in [-0.2, -0.15) is 0 Å². The van der Waals surface area contributed by atoms with E-state index in [0.717, 1.165) is 11.0 Å². The van der Waals surface area contributed by atoms with Gasteiger partial charge in [-0.15, -0.1) is 0 Å². The second-order valence-electron chi connectivity index (χ2n) is 2.85. The van der Waals surface area contributed by atoms with E-state index in [0.29, 0.717) is 6.54 Å². The summed E-state index contributed by atoms with van der Waals surface area (Å²) in [5, 5.41) is 0. The molecule has 68 valence electrons. The molecule has 0 aromatic heterocycles. The van der Waals surface area contributed by atoms with Crippen LogP contribution in [0.25, 0.3) is 0 Å². The topological polar surface area (TPSA) is 12.4 Å². The zero-order chi connectivity index (χ0) is 10.2. The van der Waals surface area contributed by atoms with Gasteiger partial charge in [-0.3, -0.25) is 4.99 Å². The molecule has 0 fully saturated rings. The lowest BCUT2D eigenvalue weighted by Gasteiger charge is -1.96. The predicted octanol–water partition coefficient (Wildman–Crippen LogP) is 1.79. The van der Waals surface area contributed by atoms with E-state index >= 15 is 0 Å². The third-order valence-corrected chi connectivity index (χ3v) is 1.69. The Bertz CT molecular complexity index is 336. The zero-order valence-corrected chi connectivity index (χ0v) is 8.06. The number of allylic oxidation sites excluding steroid dienone is 3. The van der Waals surface area contributed by atoms with Crippen molar-refractivity contribution in [1.29, 1.82) is 0 Å². The average molecular weight is 181 g/mol. The molecule has 0 saturated heterocycles. The molecule has 14 heavy (non-hydrogen) atoms. The molecule has 2 heteroatoms. The van der Waals surface area contributed by atoms with E-state index in [1.807, 2.05) is 36.4 Å². The summed E-state index contributed by atoms with van der Waals surface area (Å²) in [5.74, 6) is 0. The van der Waals surface area contributed by atoms with Gasteiger partial charge in [0.2, 0.25) is 0 Å². The van der Waals surface area contributed by atoms with Crippen LogP contribution in [0.5, 0.6) is 0 Å². The maximum Gasteiger partial charge on any atom is 0.113 e. The number of hydrogen-bond acceptors (Lipinski definition) is 1. The van der Waals surface area contributed by atoms with E-state index in [4.69, 9.17) is 7.85 Å². The Morgan fingerprint density at radius 1 is 1.21 bits per heavy atom. The van der Waals surface area contributed by atoms with E-state index in [1.165, 1.54) is 0 Å². The predicted molar refractivity (Wildman–Crippen MR) is 63.4 cm³/mol. The fourth-order valence-electron chi connectivity index (χ4n) is 0.970. The minimum atomic E-state index is 0.682. The Labute approximate surface area is 86.3 Å². The molecule has 0 spiro atoms. The number of nitrogens with zero attached hydrogens (tertiary/aromatic N) is 1. The van der Waals surface area contributed by atoms with Crippen molar-refractivity contribution in [3.05, 3.63) is 54.6 Å². The van der Waals surface area contributed by atoms with Crippen molar-refractivity contribution in [3.63, 3.8) is 0 Å². The molecule has 1 rings (SSSR count). The van der Waals surface area contributed by atoms with Crippen LogP contribution in [0.3, 0.4) is 0 Å². The van der Waals surface area contributed by atoms with Gasteiger partial charge < -0.3 is 0 Å². The second-order valence-corrected chi connectivity index (χ2v) is 2.85. The molecule has 1 nitrogen and oxygen atoms in total. The normalized spacial score (nSPS) is 11.1. The minimum absolute atomic E-state index is 0.682. The van der Waals surface area contributed by atoms with E-state index in [9.17, 15) is 0 Å². The van der Waals surface area contributed by atoms with Crippen LogP contribution in [0, 0.1) is 0 Å². The van der Waals surface area contributed by atoms with Crippen molar-refractivity contribution in [1.82, 2.24) is 0 Å². The summed E-state index contributed by atoms with van der Waals surface area (Å²) in [6.45, 7) is 4.25. The second kappa shape index (κ2) is 5.98. The summed E-state index contributed by atoms with van der Waals surface area (Å²) >= 11 is 0. The summed E-state index contributed by atoms with van der Waals surface area (Å²) in [6.07, 6.45) is 7.17. The van der Waals surface area contributed by atoms with E-state index in [1.54, 1.807) is 12.3 Å². The van der Waals surface area contributed by atoms with Gasteiger partial charge in [0.15, 0.2) is 0 Å². The molecular formula is C12H12BN. The fourth-order valence-corrected chi connectivity index (χ4v) is 0.970. The molecule has 0 aliphatic rings. The van der Waals surface area contributed by atoms with Crippen LogP contribution >= 0.6 is 0 Å². The maximum atomic E-state index is 5.56. The van der Waals surface area contributed by atoms with Gasteiger partial charge in [0, 0.05) is 6.21 Å². The van der Waals surface area contributed by atoms with Crippen molar-refractivity contribution in [2.75, 3.05) is 0 Å². The summed E-state index contributed by atoms with van der Waals surface area (Å²) in [4.78, 5) is 4.21. The van der Waals surface area contributed by atoms with Crippen LogP contribution in [-0.2, 0) is 6.54 Å². The summed E-state index contributed by atoms with van der Waals surface area (Å²) in [7, 11) is 5.56. The van der Waals surface area contributed by atoms with Crippen molar-refractivity contribution in [3.8, 4) is 0 Å². The third-order valence-electron chi connectivity index (χ3n) is 1.69. The van der Waals surface area contributed by atoms with Gasteiger partial charge in [0.1, 0.15) is 7.85 Å². The van der Waals surface area contributed by atoms with Gasteiger partial charge in [-0.1, -0.05) is 48.5 Å². The molecule has 0 saturated carbocycles. The molecule has 0 aliphatic carbocycles. The number of benzene rings is 1. The highest BCUT2D eigenvalue weighted by molar-refractivity contribution is 6.32. The van der Waals surface area contributed by atoms with Crippen molar-refractivity contribution < 1.29 is 0 Å². The lowest BCUT2D eigenvalue weighted by molar-refractivity contribution is 1.08. The summed E-state index contributed by atoms with van der Waals surface area (Å²) in [5.41, 5.74) is 1.94. The van der Waals surface area contributed by atoms with Crippen molar-refractivity contribution >= 4 is 19.5 Å². The molecule has 0 N–H and O–H groups in total. The van der Waals surface area contributed by atoms with Gasteiger partial charge in [0.05, 0.1) is 6.54 Å². The lowest BCUT2D eigenvalue weighted by Crippen LogP contribution is -2.00. The number of aliphatic imine (C=N–C) groups is 1. The number of hydrogen-bond donors (Lipinski definition) is 0. The minimum Gasteiger partial charge on any atom is -0.288 e. The van der Waals surface area contributed by atoms with E-state index < -0.39 is 0 Å². The quantitative estimate of drug-likeness (QED) is 0.381. The van der Waals surface area contributed by atoms with Gasteiger partial charge >= 0.3 is 0 Å². The van der Waals surface area contributed by atoms with Crippen LogP contribution in [0.1, 0.15) is 5.56 Å². The first kappa shape index (κ1) is 10.5. The smallest absolute Gasteiger partial charge is 0.113 e. The summed E-state index contributed by atoms with van der Waals surface area (Å²) in [6, 6.07) is 7.71. The number of rotatable bonds is 4. The highest BCUT2D eigenvalue weighted by Crippen LogP contribution is 1.97. The first-order valence-electron chi connectivity index (χ1n) is 4.45. The SMILES string of the molecule is [B]c1ccc(CN=C/C=C\C=C)cc1. The van der Waals surface area contributed by atoms with Gasteiger partial charge in [0.25, 0.3) is 0 Å². The van der Waals surface area contributed by atoms with Crippen LogP contribution in [0.15, 0.2) is 54.1 Å².